The number of alkyl halides is 6. The van der Waals surface area contributed by atoms with E-state index in [-0.39, 0.29) is 43.0 Å². The predicted octanol–water partition coefficient (Wildman–Crippen LogP) is 7.82. The van der Waals surface area contributed by atoms with E-state index in [9.17, 15) is 35.9 Å². The van der Waals surface area contributed by atoms with Crippen LogP contribution in [0.3, 0.4) is 0 Å². The van der Waals surface area contributed by atoms with Gasteiger partial charge in [-0.15, -0.1) is 0 Å². The zero-order chi connectivity index (χ0) is 27.8. The summed E-state index contributed by atoms with van der Waals surface area (Å²) in [6, 6.07) is 6.40. The van der Waals surface area contributed by atoms with Crippen molar-refractivity contribution in [1.29, 1.82) is 0 Å². The van der Waals surface area contributed by atoms with Crippen molar-refractivity contribution < 1.29 is 35.9 Å². The average Bonchev–Trinajstić information content (AvgIpc) is 3.55. The van der Waals surface area contributed by atoms with E-state index in [0.29, 0.717) is 5.56 Å². The zero-order valence-corrected chi connectivity index (χ0v) is 23.0. The van der Waals surface area contributed by atoms with E-state index in [0.717, 1.165) is 18.2 Å². The number of carbonyl (C=O) groups is 2. The minimum atomic E-state index is -4.65. The molecule has 14 heteroatoms. The summed E-state index contributed by atoms with van der Waals surface area (Å²) in [5.41, 5.74) is -1.24. The van der Waals surface area contributed by atoms with Crippen molar-refractivity contribution in [1.82, 2.24) is 10.6 Å². The summed E-state index contributed by atoms with van der Waals surface area (Å²) in [5.74, 6) is -3.70. The maximum absolute atomic E-state index is 13.8. The fourth-order valence-electron chi connectivity index (χ4n) is 3.36. The molecule has 0 spiro atoms. The van der Waals surface area contributed by atoms with E-state index in [1.165, 1.54) is 24.3 Å². The first-order chi connectivity index (χ1) is 17.0. The third-order valence-corrected chi connectivity index (χ3v) is 7.99. The normalized spacial score (nSPS) is 15.9. The summed E-state index contributed by atoms with van der Waals surface area (Å²) in [4.78, 5) is 24.8. The van der Waals surface area contributed by atoms with Gasteiger partial charge in [0.25, 0.3) is 5.91 Å². The maximum Gasteiger partial charge on any atom is 0.405 e. The number of nitrogens with one attached hydrogen (secondary N) is 2. The van der Waals surface area contributed by atoms with Crippen LogP contribution in [0.1, 0.15) is 40.2 Å². The molecule has 0 aliphatic heterocycles. The number of amides is 2. The summed E-state index contributed by atoms with van der Waals surface area (Å²) in [6.45, 7) is -1.52. The SMILES string of the molecule is O=C(NC1(C(=O)NCC(F)(F)F)CC1)c1ccc(/C=C/C(c2cc(Cl)c(Br)c(Cl)c2)C(F)(F)F)cc1Br. The van der Waals surface area contributed by atoms with Crippen LogP contribution in [0.4, 0.5) is 26.3 Å². The Hall–Kier alpha value is -1.76. The highest BCUT2D eigenvalue weighted by Crippen LogP contribution is 2.41. The first kappa shape index (κ1) is 29.8. The van der Waals surface area contributed by atoms with E-state index in [1.807, 2.05) is 0 Å². The van der Waals surface area contributed by atoms with Gasteiger partial charge in [-0.1, -0.05) is 41.4 Å². The van der Waals surface area contributed by atoms with E-state index >= 15 is 0 Å². The number of hydrogen-bond acceptors (Lipinski definition) is 2. The second kappa shape index (κ2) is 11.2. The Morgan fingerprint density at radius 1 is 1.03 bits per heavy atom. The van der Waals surface area contributed by atoms with Gasteiger partial charge in [0.15, 0.2) is 0 Å². The van der Waals surface area contributed by atoms with Gasteiger partial charge >= 0.3 is 12.4 Å². The van der Waals surface area contributed by atoms with Gasteiger partial charge in [-0.25, -0.2) is 0 Å². The van der Waals surface area contributed by atoms with Gasteiger partial charge in [-0.3, -0.25) is 9.59 Å². The van der Waals surface area contributed by atoms with Crippen molar-refractivity contribution in [3.63, 3.8) is 0 Å². The molecule has 0 saturated heterocycles. The van der Waals surface area contributed by atoms with Gasteiger partial charge in [0.2, 0.25) is 5.91 Å². The molecule has 200 valence electrons. The quantitative estimate of drug-likeness (QED) is 0.229. The molecule has 0 aromatic heterocycles. The Morgan fingerprint density at radius 2 is 1.62 bits per heavy atom. The fraction of sp³-hybridized carbons (Fsp3) is 0.304. The molecule has 0 bridgehead atoms. The average molecular weight is 697 g/mol. The summed E-state index contributed by atoms with van der Waals surface area (Å²) >= 11 is 18.2. The summed E-state index contributed by atoms with van der Waals surface area (Å²) < 4.78 is 78.9. The standard InChI is InChI=1S/C23H16Br2Cl2F6N2O2/c24-15-7-11(2-4-14(23(31,32)33)12-8-16(26)18(25)17(27)9-12)1-3-13(15)19(36)35-21(5-6-21)20(37)34-10-22(28,29)30/h1-4,7-9,14H,5-6,10H2,(H,34,37)(H,35,36)/b4-2+. The van der Waals surface area contributed by atoms with Crippen LogP contribution in [0, 0.1) is 0 Å². The molecule has 1 aliphatic rings. The molecule has 2 aromatic carbocycles. The Kier molecular flexibility index (Phi) is 8.98. The van der Waals surface area contributed by atoms with Crippen LogP contribution >= 0.6 is 55.1 Å². The van der Waals surface area contributed by atoms with Crippen molar-refractivity contribution in [3.8, 4) is 0 Å². The maximum atomic E-state index is 13.8. The Bertz CT molecular complexity index is 1220. The number of carbonyl (C=O) groups excluding carboxylic acids is 2. The van der Waals surface area contributed by atoms with Crippen LogP contribution in [0.2, 0.25) is 10.0 Å². The Balaban J connectivity index is 1.76. The van der Waals surface area contributed by atoms with Gasteiger partial charge in [0.05, 0.1) is 26.0 Å². The van der Waals surface area contributed by atoms with Crippen molar-refractivity contribution in [2.75, 3.05) is 6.54 Å². The van der Waals surface area contributed by atoms with Gasteiger partial charge in [0.1, 0.15) is 12.1 Å². The lowest BCUT2D eigenvalue weighted by atomic mass is 9.97. The largest absolute Gasteiger partial charge is 0.405 e. The molecule has 0 heterocycles. The third-order valence-electron chi connectivity index (χ3n) is 5.42. The topological polar surface area (TPSA) is 58.2 Å². The molecule has 1 aliphatic carbocycles. The Morgan fingerprint density at radius 3 is 2.11 bits per heavy atom. The first-order valence-corrected chi connectivity index (χ1v) is 12.7. The lowest BCUT2D eigenvalue weighted by Crippen LogP contribution is -2.50. The van der Waals surface area contributed by atoms with Gasteiger partial charge in [-0.05, 0) is 80.1 Å². The van der Waals surface area contributed by atoms with Gasteiger partial charge in [-0.2, -0.15) is 26.3 Å². The molecule has 4 nitrogen and oxygen atoms in total. The molecule has 1 atom stereocenters. The van der Waals surface area contributed by atoms with E-state index in [2.05, 4.69) is 37.2 Å². The fourth-order valence-corrected chi connectivity index (χ4v) is 4.67. The highest BCUT2D eigenvalue weighted by Gasteiger charge is 2.52. The van der Waals surface area contributed by atoms with Crippen molar-refractivity contribution in [2.45, 2.75) is 36.7 Å². The number of allylic oxidation sites excluding steroid dienone is 1. The summed E-state index contributed by atoms with van der Waals surface area (Å²) in [5, 5.41) is 4.24. The molecule has 2 N–H and O–H groups in total. The van der Waals surface area contributed by atoms with Crippen LogP contribution in [0.25, 0.3) is 6.08 Å². The second-order valence-electron chi connectivity index (χ2n) is 8.25. The monoisotopic (exact) mass is 694 g/mol. The number of halogens is 10. The summed E-state index contributed by atoms with van der Waals surface area (Å²) in [7, 11) is 0. The lowest BCUT2D eigenvalue weighted by Gasteiger charge is -2.19. The van der Waals surface area contributed by atoms with Crippen LogP contribution in [-0.4, -0.2) is 36.3 Å². The van der Waals surface area contributed by atoms with E-state index in [1.54, 1.807) is 5.32 Å². The molecule has 1 unspecified atom stereocenters. The molecule has 37 heavy (non-hydrogen) atoms. The van der Waals surface area contributed by atoms with Crippen LogP contribution in [0.15, 0.2) is 45.4 Å². The van der Waals surface area contributed by atoms with Crippen molar-refractivity contribution in [2.24, 2.45) is 0 Å². The summed E-state index contributed by atoms with van der Waals surface area (Å²) in [6.07, 6.45) is -6.78. The minimum absolute atomic E-state index is 0.0174. The zero-order valence-electron chi connectivity index (χ0n) is 18.3. The lowest BCUT2D eigenvalue weighted by molar-refractivity contribution is -0.140. The molecule has 2 amide bonds. The second-order valence-corrected chi connectivity index (χ2v) is 10.7. The highest BCUT2D eigenvalue weighted by atomic mass is 79.9. The molecular formula is C23H16Br2Cl2F6N2O2. The van der Waals surface area contributed by atoms with E-state index < -0.39 is 42.2 Å². The molecule has 2 aromatic rings. The van der Waals surface area contributed by atoms with E-state index in [4.69, 9.17) is 23.2 Å². The van der Waals surface area contributed by atoms with Crippen LogP contribution in [-0.2, 0) is 4.79 Å². The molecule has 1 fully saturated rings. The predicted molar refractivity (Wildman–Crippen MR) is 135 cm³/mol. The van der Waals surface area contributed by atoms with Gasteiger partial charge < -0.3 is 10.6 Å². The van der Waals surface area contributed by atoms with Crippen molar-refractivity contribution >= 4 is 73.0 Å². The van der Waals surface area contributed by atoms with Crippen molar-refractivity contribution in [3.05, 3.63) is 72.1 Å². The first-order valence-electron chi connectivity index (χ1n) is 10.4. The smallest absolute Gasteiger partial charge is 0.345 e. The third kappa shape index (κ3) is 7.64. The Labute approximate surface area is 234 Å². The molecule has 1 saturated carbocycles. The van der Waals surface area contributed by atoms with Crippen LogP contribution < -0.4 is 10.6 Å². The van der Waals surface area contributed by atoms with Gasteiger partial charge in [0, 0.05) is 4.47 Å². The molecule has 0 radical (unpaired) electrons. The molecular weight excluding hydrogens is 681 g/mol. The minimum Gasteiger partial charge on any atom is -0.345 e. The number of hydrogen-bond donors (Lipinski definition) is 2. The number of rotatable bonds is 7. The highest BCUT2D eigenvalue weighted by molar-refractivity contribution is 9.11. The number of benzene rings is 2. The molecule has 3 rings (SSSR count). The van der Waals surface area contributed by atoms with Crippen LogP contribution in [0.5, 0.6) is 0 Å².